The summed E-state index contributed by atoms with van der Waals surface area (Å²) >= 11 is 0. The number of H-pyrrole nitrogens is 1. The van der Waals surface area contributed by atoms with E-state index in [0.717, 1.165) is 5.31 Å². The summed E-state index contributed by atoms with van der Waals surface area (Å²) in [6.45, 7) is 1.65. The zero-order valence-electron chi connectivity index (χ0n) is 23.1. The van der Waals surface area contributed by atoms with E-state index in [4.69, 9.17) is 1.41 Å². The molecule has 206 valence electrons. The molecule has 0 fully saturated rings. The molecule has 0 bridgehead atoms. The molecule has 6 aromatic rings. The number of carbonyl (C=O) groups excluding carboxylic acids is 1. The molecule has 0 spiro atoms. The Bertz CT molecular complexity index is 2170. The lowest BCUT2D eigenvalue weighted by Crippen LogP contribution is -2.23. The highest BCUT2D eigenvalue weighted by atomic mass is 32.2. The van der Waals surface area contributed by atoms with Gasteiger partial charge in [0.25, 0.3) is 11.5 Å². The molecule has 41 heavy (non-hydrogen) atoms. The number of pyridine rings is 1. The van der Waals surface area contributed by atoms with Crippen LogP contribution in [-0.4, -0.2) is 43.5 Å². The minimum atomic E-state index is -3.92. The molecule has 0 saturated heterocycles. The van der Waals surface area contributed by atoms with Crippen LogP contribution in [0.1, 0.15) is 27.4 Å². The third kappa shape index (κ3) is 5.24. The Morgan fingerprint density at radius 2 is 1.93 bits per heavy atom. The van der Waals surface area contributed by atoms with E-state index in [1.54, 1.807) is 75.2 Å². The summed E-state index contributed by atoms with van der Waals surface area (Å²) in [7, 11) is -2.22. The number of nitrogens with zero attached hydrogens (tertiary/aromatic N) is 5. The van der Waals surface area contributed by atoms with E-state index in [9.17, 15) is 18.0 Å². The quantitative estimate of drug-likeness (QED) is 0.301. The second-order valence-electron chi connectivity index (χ2n) is 9.68. The molecular weight excluding hydrogens is 542 g/mol. The molecule has 0 unspecified atom stereocenters. The Balaban J connectivity index is 1.41. The fourth-order valence-electron chi connectivity index (χ4n) is 4.70. The number of hydrogen-bond donors (Lipinski definition) is 2. The molecule has 0 radical (unpaired) electrons. The lowest BCUT2D eigenvalue weighted by Gasteiger charge is -2.14. The molecule has 4 aromatic heterocycles. The number of aryl methyl sites for hydroxylation is 2. The maximum atomic E-state index is 13.7. The first-order chi connectivity index (χ1) is 20.1. The standard InChI is InChI=1S/C29H25N7O4S/c1-18-32-25-15-20(3-5-23(25)29(38)33-18)24-14-21(4-6-26(24)41(39,40)17-22-8-10-35(2)34-22)28(37)31-16-19-7-11-36-12-9-30-27(36)13-19/h3-15H,16-17H2,1-2H3,(H,31,37)(H,32,33,38)/i/hD. The van der Waals surface area contributed by atoms with Gasteiger partial charge in [-0.25, -0.2) is 18.4 Å². The molecule has 0 aliphatic rings. The van der Waals surface area contributed by atoms with Gasteiger partial charge in [-0.1, -0.05) is 6.07 Å². The van der Waals surface area contributed by atoms with E-state index in [0.29, 0.717) is 39.2 Å². The van der Waals surface area contributed by atoms with Gasteiger partial charge in [-0.15, -0.1) is 0 Å². The number of hydrogen-bond acceptors (Lipinski definition) is 7. The topological polar surface area (TPSA) is 144 Å². The van der Waals surface area contributed by atoms with Crippen LogP contribution >= 0.6 is 0 Å². The number of benzene rings is 2. The van der Waals surface area contributed by atoms with Crippen LogP contribution < -0.4 is 10.9 Å². The van der Waals surface area contributed by atoms with Crippen molar-refractivity contribution in [3.05, 3.63) is 112 Å². The molecule has 0 atom stereocenters. The molecule has 4 heterocycles. The predicted molar refractivity (Wildman–Crippen MR) is 153 cm³/mol. The highest BCUT2D eigenvalue weighted by Crippen LogP contribution is 2.32. The average Bonchev–Trinajstić information content (AvgIpc) is 3.59. The van der Waals surface area contributed by atoms with Crippen LogP contribution in [0, 0.1) is 6.92 Å². The molecular formula is C29H25N7O4S. The van der Waals surface area contributed by atoms with Crippen molar-refractivity contribution in [1.29, 1.82) is 0 Å². The Morgan fingerprint density at radius 3 is 2.73 bits per heavy atom. The van der Waals surface area contributed by atoms with Crippen molar-refractivity contribution >= 4 is 32.3 Å². The smallest absolute Gasteiger partial charge is 0.258 e. The van der Waals surface area contributed by atoms with Gasteiger partial charge in [-0.3, -0.25) is 14.3 Å². The maximum Gasteiger partial charge on any atom is 0.258 e. The summed E-state index contributed by atoms with van der Waals surface area (Å²) in [6.07, 6.45) is 6.92. The molecule has 6 rings (SSSR count). The average molecular weight is 569 g/mol. The number of nitrogens with one attached hydrogen (secondary N) is 2. The number of amides is 1. The monoisotopic (exact) mass is 568 g/mol. The van der Waals surface area contributed by atoms with Gasteiger partial charge >= 0.3 is 0 Å². The van der Waals surface area contributed by atoms with E-state index in [1.807, 2.05) is 4.40 Å². The fourth-order valence-corrected chi connectivity index (χ4v) is 6.19. The highest BCUT2D eigenvalue weighted by molar-refractivity contribution is 7.90. The van der Waals surface area contributed by atoms with Gasteiger partial charge in [0.05, 0.1) is 27.2 Å². The van der Waals surface area contributed by atoms with E-state index in [-0.39, 0.29) is 33.9 Å². The van der Waals surface area contributed by atoms with Crippen LogP contribution in [0.5, 0.6) is 0 Å². The molecule has 0 aliphatic heterocycles. The third-order valence-corrected chi connectivity index (χ3v) is 8.37. The summed E-state index contributed by atoms with van der Waals surface area (Å²) in [5.41, 5.74) is 2.70. The molecule has 12 heteroatoms. The van der Waals surface area contributed by atoms with Gasteiger partial charge in [0.2, 0.25) is 0 Å². The van der Waals surface area contributed by atoms with Gasteiger partial charge < -0.3 is 14.7 Å². The summed E-state index contributed by atoms with van der Waals surface area (Å²) in [4.78, 5) is 37.1. The number of sulfone groups is 1. The minimum Gasteiger partial charge on any atom is -0.348 e. The summed E-state index contributed by atoms with van der Waals surface area (Å²) in [6, 6.07) is 14.3. The Labute approximate surface area is 235 Å². The fraction of sp³-hybridized carbons (Fsp3) is 0.138. The van der Waals surface area contributed by atoms with Crippen LogP contribution in [0.25, 0.3) is 27.7 Å². The highest BCUT2D eigenvalue weighted by Gasteiger charge is 2.23. The largest absolute Gasteiger partial charge is 0.348 e. The van der Waals surface area contributed by atoms with Gasteiger partial charge in [0.1, 0.15) is 11.5 Å². The Morgan fingerprint density at radius 1 is 1.07 bits per heavy atom. The number of imidazole rings is 1. The number of rotatable bonds is 7. The molecule has 11 nitrogen and oxygen atoms in total. The Kier molecular flexibility index (Phi) is 6.16. The van der Waals surface area contributed by atoms with Gasteiger partial charge in [-0.05, 0) is 66.6 Å². The first-order valence-corrected chi connectivity index (χ1v) is 14.3. The Hall–Kier alpha value is -5.10. The van der Waals surface area contributed by atoms with E-state index < -0.39 is 15.7 Å². The van der Waals surface area contributed by atoms with Crippen LogP contribution in [0.15, 0.2) is 89.1 Å². The van der Waals surface area contributed by atoms with E-state index in [1.165, 1.54) is 22.9 Å². The summed E-state index contributed by atoms with van der Waals surface area (Å²) in [5, 5.41) is 5.37. The van der Waals surface area contributed by atoms with Crippen LogP contribution in [0.4, 0.5) is 0 Å². The van der Waals surface area contributed by atoms with Crippen molar-refractivity contribution < 1.29 is 14.6 Å². The molecule has 0 aliphatic carbocycles. The van der Waals surface area contributed by atoms with Gasteiger partial charge in [0, 0.05) is 49.5 Å². The van der Waals surface area contributed by atoms with Crippen molar-refractivity contribution in [3.63, 3.8) is 0 Å². The molecule has 2 N–H and O–H groups in total. The second kappa shape index (κ2) is 10.1. The number of carbonyl (C=O) groups is 1. The van der Waals surface area contributed by atoms with Crippen molar-refractivity contribution in [3.8, 4) is 11.1 Å². The number of aromatic nitrogens is 6. The summed E-state index contributed by atoms with van der Waals surface area (Å²) in [5.74, 6) is -0.547. The maximum absolute atomic E-state index is 13.7. The van der Waals surface area contributed by atoms with Crippen molar-refractivity contribution in [2.24, 2.45) is 7.05 Å². The van der Waals surface area contributed by atoms with Gasteiger partial charge in [0.15, 0.2) is 11.2 Å². The third-order valence-electron chi connectivity index (χ3n) is 6.67. The zero-order chi connectivity index (χ0) is 29.6. The van der Waals surface area contributed by atoms with Crippen LogP contribution in [0.3, 0.4) is 0 Å². The van der Waals surface area contributed by atoms with Crippen molar-refractivity contribution in [1.82, 2.24) is 34.4 Å². The molecule has 2 aromatic carbocycles. The normalized spacial score (nSPS) is 12.1. The SMILES string of the molecule is [2H]N(Cc1ccn2ccnc2c1)C(=O)c1ccc(S(=O)(=O)Cc2ccn(C)n2)c(-c2ccc3c(=O)[nH]c(C)nc3c2)c1. The van der Waals surface area contributed by atoms with Crippen LogP contribution in [-0.2, 0) is 29.2 Å². The minimum absolute atomic E-state index is 0.000792. The van der Waals surface area contributed by atoms with Crippen molar-refractivity contribution in [2.45, 2.75) is 24.1 Å². The predicted octanol–water partition coefficient (Wildman–Crippen LogP) is 3.18. The van der Waals surface area contributed by atoms with E-state index in [2.05, 4.69) is 20.1 Å². The van der Waals surface area contributed by atoms with E-state index >= 15 is 0 Å². The van der Waals surface area contributed by atoms with Crippen LogP contribution in [0.2, 0.25) is 1.41 Å². The molecule has 0 saturated carbocycles. The second-order valence-corrected chi connectivity index (χ2v) is 11.6. The lowest BCUT2D eigenvalue weighted by atomic mass is 10.0. The number of aromatic amines is 1. The molecule has 1 amide bonds. The first-order valence-electron chi connectivity index (χ1n) is 13.1. The summed E-state index contributed by atoms with van der Waals surface area (Å²) < 4.78 is 39.1. The zero-order valence-corrected chi connectivity index (χ0v) is 23.0. The lowest BCUT2D eigenvalue weighted by molar-refractivity contribution is 0.0951. The first kappa shape index (κ1) is 24.9. The van der Waals surface area contributed by atoms with Crippen molar-refractivity contribution in [2.75, 3.05) is 0 Å². The van der Waals surface area contributed by atoms with Gasteiger partial charge in [-0.2, -0.15) is 5.10 Å². The number of fused-ring (bicyclic) bond motifs is 2.